The maximum atomic E-state index is 14.2. The van der Waals surface area contributed by atoms with Crippen molar-refractivity contribution < 1.29 is 19.1 Å². The normalized spacial score (nSPS) is 20.8. The zero-order valence-corrected chi connectivity index (χ0v) is 20.8. The van der Waals surface area contributed by atoms with Crippen LogP contribution < -0.4 is 10.1 Å². The van der Waals surface area contributed by atoms with E-state index in [-0.39, 0.29) is 17.9 Å². The van der Waals surface area contributed by atoms with E-state index < -0.39 is 5.54 Å². The highest BCUT2D eigenvalue weighted by atomic mass is 16.5. The molecule has 35 heavy (non-hydrogen) atoms. The van der Waals surface area contributed by atoms with Crippen molar-refractivity contribution in [2.45, 2.75) is 57.2 Å². The largest absolute Gasteiger partial charge is 0.497 e. The van der Waals surface area contributed by atoms with E-state index in [4.69, 9.17) is 9.47 Å². The number of methoxy groups -OCH3 is 2. The van der Waals surface area contributed by atoms with Crippen LogP contribution in [0, 0.1) is 0 Å². The first-order chi connectivity index (χ1) is 17.0. The first-order valence-corrected chi connectivity index (χ1v) is 12.4. The predicted octanol–water partition coefficient (Wildman–Crippen LogP) is 3.75. The molecule has 1 aliphatic heterocycles. The molecule has 8 heteroatoms. The molecule has 0 spiro atoms. The van der Waals surface area contributed by atoms with Crippen LogP contribution in [0.4, 0.5) is 0 Å². The third kappa shape index (κ3) is 3.99. The van der Waals surface area contributed by atoms with Gasteiger partial charge in [-0.3, -0.25) is 9.59 Å². The van der Waals surface area contributed by atoms with Crippen LogP contribution in [0.15, 0.2) is 42.7 Å². The molecule has 3 heterocycles. The topological polar surface area (TPSA) is 77.7 Å². The van der Waals surface area contributed by atoms with E-state index in [1.807, 2.05) is 58.8 Å². The van der Waals surface area contributed by atoms with Gasteiger partial charge in [-0.1, -0.05) is 19.3 Å². The number of ether oxygens (including phenoxy) is 2. The molecular formula is C27H34N4O4. The number of nitrogens with one attached hydrogen (secondary N) is 1. The van der Waals surface area contributed by atoms with Crippen molar-refractivity contribution in [2.75, 3.05) is 27.4 Å². The zero-order valence-electron chi connectivity index (χ0n) is 20.8. The highest BCUT2D eigenvalue weighted by Gasteiger charge is 2.49. The minimum absolute atomic E-state index is 0.0996. The Morgan fingerprint density at radius 2 is 1.89 bits per heavy atom. The molecule has 0 radical (unpaired) electrons. The highest BCUT2D eigenvalue weighted by Crippen LogP contribution is 2.39. The summed E-state index contributed by atoms with van der Waals surface area (Å²) in [6.45, 7) is 2.93. The smallest absolute Gasteiger partial charge is 0.273 e. The zero-order chi connectivity index (χ0) is 24.6. The summed E-state index contributed by atoms with van der Waals surface area (Å²) in [5.41, 5.74) is 1.23. The second-order valence-electron chi connectivity index (χ2n) is 9.79. The van der Waals surface area contributed by atoms with Gasteiger partial charge in [-0.2, -0.15) is 0 Å². The number of benzene rings is 1. The van der Waals surface area contributed by atoms with Crippen molar-refractivity contribution >= 4 is 22.7 Å². The Hall–Kier alpha value is -3.26. The number of hydrogen-bond acceptors (Lipinski definition) is 4. The van der Waals surface area contributed by atoms with Crippen LogP contribution in [0.25, 0.3) is 16.6 Å². The van der Waals surface area contributed by atoms with Crippen LogP contribution in [0.3, 0.4) is 0 Å². The van der Waals surface area contributed by atoms with Crippen molar-refractivity contribution in [3.8, 4) is 11.4 Å². The average Bonchev–Trinajstić information content (AvgIpc) is 3.50. The Morgan fingerprint density at radius 1 is 1.14 bits per heavy atom. The molecule has 5 rings (SSSR count). The molecule has 1 N–H and O–H groups in total. The van der Waals surface area contributed by atoms with Gasteiger partial charge >= 0.3 is 0 Å². The minimum Gasteiger partial charge on any atom is -0.497 e. The van der Waals surface area contributed by atoms with Crippen LogP contribution >= 0.6 is 0 Å². The molecule has 1 unspecified atom stereocenters. The Morgan fingerprint density at radius 3 is 2.57 bits per heavy atom. The molecule has 2 aromatic heterocycles. The van der Waals surface area contributed by atoms with Gasteiger partial charge in [-0.25, -0.2) is 0 Å². The third-order valence-electron chi connectivity index (χ3n) is 7.56. The molecule has 2 aliphatic rings. The van der Waals surface area contributed by atoms with E-state index in [0.717, 1.165) is 48.0 Å². The van der Waals surface area contributed by atoms with Gasteiger partial charge in [0.2, 0.25) is 5.91 Å². The molecule has 1 aliphatic carbocycles. The summed E-state index contributed by atoms with van der Waals surface area (Å²) in [4.78, 5) is 29.7. The molecule has 2 amide bonds. The molecule has 1 saturated carbocycles. The number of aromatic nitrogens is 2. The van der Waals surface area contributed by atoms with E-state index in [2.05, 4.69) is 5.32 Å². The number of fused-ring (bicyclic) bond motifs is 3. The summed E-state index contributed by atoms with van der Waals surface area (Å²) >= 11 is 0. The SMILES string of the molecule is COCCN1C(=O)c2c(-n3cccc3)c3cc(OC)ccc3n2CC1(C)C(=O)NC1CCCCC1. The minimum atomic E-state index is -1.04. The van der Waals surface area contributed by atoms with Gasteiger partial charge in [0.05, 0.1) is 31.5 Å². The molecule has 186 valence electrons. The van der Waals surface area contributed by atoms with Crippen LogP contribution in [0.5, 0.6) is 5.75 Å². The highest BCUT2D eigenvalue weighted by molar-refractivity contribution is 6.09. The lowest BCUT2D eigenvalue weighted by atomic mass is 9.91. The van der Waals surface area contributed by atoms with Gasteiger partial charge in [-0.15, -0.1) is 0 Å². The first kappa shape index (κ1) is 23.5. The Kier molecular flexibility index (Phi) is 6.32. The second-order valence-corrected chi connectivity index (χ2v) is 9.79. The second kappa shape index (κ2) is 9.41. The van der Waals surface area contributed by atoms with E-state index in [9.17, 15) is 9.59 Å². The fourth-order valence-electron chi connectivity index (χ4n) is 5.63. The molecule has 0 bridgehead atoms. The maximum Gasteiger partial charge on any atom is 0.273 e. The number of carbonyl (C=O) groups is 2. The van der Waals surface area contributed by atoms with Crippen LogP contribution in [0.1, 0.15) is 49.5 Å². The molecule has 3 aromatic rings. The molecular weight excluding hydrogens is 444 g/mol. The van der Waals surface area contributed by atoms with Gasteiger partial charge in [0.15, 0.2) is 0 Å². The Balaban J connectivity index is 1.65. The van der Waals surface area contributed by atoms with Crippen LogP contribution in [-0.2, 0) is 16.1 Å². The van der Waals surface area contributed by atoms with Gasteiger partial charge in [0.1, 0.15) is 17.0 Å². The quantitative estimate of drug-likeness (QED) is 0.561. The summed E-state index contributed by atoms with van der Waals surface area (Å²) in [6, 6.07) is 9.87. The van der Waals surface area contributed by atoms with Crippen molar-refractivity contribution in [3.05, 3.63) is 48.4 Å². The number of nitrogens with zero attached hydrogens (tertiary/aromatic N) is 3. The van der Waals surface area contributed by atoms with Crippen molar-refractivity contribution in [3.63, 3.8) is 0 Å². The molecule has 1 fully saturated rings. The van der Waals surface area contributed by atoms with Gasteiger partial charge in [0.25, 0.3) is 5.91 Å². The fraction of sp³-hybridized carbons (Fsp3) is 0.481. The first-order valence-electron chi connectivity index (χ1n) is 12.4. The van der Waals surface area contributed by atoms with Crippen molar-refractivity contribution in [1.29, 1.82) is 0 Å². The third-order valence-corrected chi connectivity index (χ3v) is 7.56. The summed E-state index contributed by atoms with van der Waals surface area (Å²) in [5, 5.41) is 4.19. The number of carbonyl (C=O) groups excluding carboxylic acids is 2. The summed E-state index contributed by atoms with van der Waals surface area (Å²) in [5.74, 6) is 0.446. The van der Waals surface area contributed by atoms with Crippen molar-refractivity contribution in [2.24, 2.45) is 0 Å². The van der Waals surface area contributed by atoms with E-state index in [0.29, 0.717) is 25.4 Å². The Bertz CT molecular complexity index is 1230. The maximum absolute atomic E-state index is 14.2. The monoisotopic (exact) mass is 478 g/mol. The summed E-state index contributed by atoms with van der Waals surface area (Å²) < 4.78 is 14.8. The fourth-order valence-corrected chi connectivity index (χ4v) is 5.63. The summed E-state index contributed by atoms with van der Waals surface area (Å²) in [6.07, 6.45) is 9.32. The molecule has 1 aromatic carbocycles. The van der Waals surface area contributed by atoms with Gasteiger partial charge in [0, 0.05) is 37.5 Å². The number of hydrogen-bond donors (Lipinski definition) is 1. The van der Waals surface area contributed by atoms with E-state index >= 15 is 0 Å². The molecule has 1 atom stereocenters. The number of rotatable bonds is 7. The molecule has 8 nitrogen and oxygen atoms in total. The summed E-state index contributed by atoms with van der Waals surface area (Å²) in [7, 11) is 3.25. The van der Waals surface area contributed by atoms with E-state index in [1.54, 1.807) is 19.1 Å². The van der Waals surface area contributed by atoms with E-state index in [1.165, 1.54) is 6.42 Å². The number of amides is 2. The van der Waals surface area contributed by atoms with Crippen molar-refractivity contribution in [1.82, 2.24) is 19.4 Å². The average molecular weight is 479 g/mol. The standard InChI is InChI=1S/C27H34N4O4/c1-27(26(33)28-19-9-5-4-6-10-19)18-30-22-12-11-20(35-3)17-21(22)23(29-13-7-8-14-29)24(30)25(32)31(27)15-16-34-2/h7-8,11-14,17,19H,4-6,9-10,15-16,18H2,1-3H3,(H,28,33). The lowest BCUT2D eigenvalue weighted by Gasteiger charge is -2.45. The van der Waals surface area contributed by atoms with Gasteiger partial charge < -0.3 is 28.8 Å². The van der Waals surface area contributed by atoms with Crippen LogP contribution in [0.2, 0.25) is 0 Å². The predicted molar refractivity (Wildman–Crippen MR) is 134 cm³/mol. The molecule has 0 saturated heterocycles. The van der Waals surface area contributed by atoms with Crippen LogP contribution in [-0.4, -0.2) is 64.8 Å². The Labute approximate surface area is 205 Å². The lowest BCUT2D eigenvalue weighted by Crippen LogP contribution is -2.65. The van der Waals surface area contributed by atoms with Gasteiger partial charge in [-0.05, 0) is 50.1 Å². The lowest BCUT2D eigenvalue weighted by molar-refractivity contribution is -0.134.